The molecule has 0 unspecified atom stereocenters. The Balaban J connectivity index is 2.19. The maximum absolute atomic E-state index is 7.95. The summed E-state index contributed by atoms with van der Waals surface area (Å²) in [5.74, 6) is 0. The molecule has 32 valence electrons. The van der Waals surface area contributed by atoms with Gasteiger partial charge in [-0.2, -0.15) is 0 Å². The lowest BCUT2D eigenvalue weighted by atomic mass is 10.8. The maximum atomic E-state index is 7.95. The molecule has 0 rings (SSSR count). The van der Waals surface area contributed by atoms with Gasteiger partial charge in [0.05, 0.1) is 6.61 Å². The summed E-state index contributed by atoms with van der Waals surface area (Å²) in [5.41, 5.74) is 0. The van der Waals surface area contributed by atoms with Crippen molar-refractivity contribution in [1.29, 1.82) is 0 Å². The van der Waals surface area contributed by atoms with Crippen molar-refractivity contribution < 1.29 is 5.11 Å². The Bertz CT molecular complexity index is 17.1. The molecule has 0 aliphatic rings. The largest absolute Gasteiger partial charge is 0.395 e. The lowest BCUT2D eigenvalue weighted by Gasteiger charge is -1.83. The summed E-state index contributed by atoms with van der Waals surface area (Å²) in [5, 5.41) is 7.95. The highest BCUT2D eigenvalue weighted by Gasteiger charge is 1.66. The molecule has 0 aromatic heterocycles. The number of nitrogens with one attached hydrogen (secondary N) is 1. The first-order chi connectivity index (χ1) is 2.41. The van der Waals surface area contributed by atoms with Gasteiger partial charge in [0, 0.05) is 6.54 Å². The van der Waals surface area contributed by atoms with Crippen LogP contribution >= 0.6 is 12.8 Å². The van der Waals surface area contributed by atoms with Gasteiger partial charge in [0.2, 0.25) is 0 Å². The number of hydrogen-bond donors (Lipinski definition) is 3. The number of aliphatic hydroxyl groups excluding tert-OH is 1. The van der Waals surface area contributed by atoms with Crippen LogP contribution < -0.4 is 4.72 Å². The molecule has 0 radical (unpaired) electrons. The van der Waals surface area contributed by atoms with E-state index >= 15 is 0 Å². The van der Waals surface area contributed by atoms with Crippen molar-refractivity contribution in [3.05, 3.63) is 0 Å². The summed E-state index contributed by atoms with van der Waals surface area (Å²) in [6.07, 6.45) is 0. The SMILES string of the molecule is OCCNS. The van der Waals surface area contributed by atoms with E-state index in [2.05, 4.69) is 17.5 Å². The molecule has 0 aliphatic carbocycles. The van der Waals surface area contributed by atoms with Gasteiger partial charge in [-0.1, -0.05) is 12.8 Å². The smallest absolute Gasteiger partial charge is 0.0565 e. The highest BCUT2D eigenvalue weighted by molar-refractivity contribution is 7.78. The first-order valence-corrected chi connectivity index (χ1v) is 1.84. The van der Waals surface area contributed by atoms with E-state index in [0.29, 0.717) is 6.54 Å². The van der Waals surface area contributed by atoms with Crippen molar-refractivity contribution in [2.75, 3.05) is 13.2 Å². The number of hydrogen-bond acceptors (Lipinski definition) is 3. The van der Waals surface area contributed by atoms with Gasteiger partial charge in [0.15, 0.2) is 0 Å². The predicted molar refractivity (Wildman–Crippen MR) is 24.1 cm³/mol. The summed E-state index contributed by atoms with van der Waals surface area (Å²) in [6, 6.07) is 0. The minimum atomic E-state index is 0.156. The molecule has 0 heterocycles. The molecule has 0 fully saturated rings. The van der Waals surface area contributed by atoms with Crippen LogP contribution in [0.4, 0.5) is 0 Å². The zero-order valence-corrected chi connectivity index (χ0v) is 3.70. The lowest BCUT2D eigenvalue weighted by molar-refractivity contribution is 0.303. The molecule has 0 aromatic carbocycles. The molecule has 5 heavy (non-hydrogen) atoms. The summed E-state index contributed by atoms with van der Waals surface area (Å²) >= 11 is 3.59. The third kappa shape index (κ3) is 4.27. The minimum Gasteiger partial charge on any atom is -0.395 e. The zero-order valence-electron chi connectivity index (χ0n) is 2.81. The zero-order chi connectivity index (χ0) is 4.12. The molecule has 0 atom stereocenters. The second-order valence-corrected chi connectivity index (χ2v) is 0.948. The van der Waals surface area contributed by atoms with E-state index < -0.39 is 0 Å². The van der Waals surface area contributed by atoms with Gasteiger partial charge in [0.1, 0.15) is 0 Å². The fourth-order valence-corrected chi connectivity index (χ4v) is 0.150. The fraction of sp³-hybridized carbons (Fsp3) is 1.00. The molecule has 0 saturated heterocycles. The van der Waals surface area contributed by atoms with Gasteiger partial charge in [-0.3, -0.25) is 4.72 Å². The molecule has 2 N–H and O–H groups in total. The van der Waals surface area contributed by atoms with Crippen LogP contribution in [0.3, 0.4) is 0 Å². The second-order valence-electron chi connectivity index (χ2n) is 0.632. The topological polar surface area (TPSA) is 32.3 Å². The summed E-state index contributed by atoms with van der Waals surface area (Å²) in [7, 11) is 0. The van der Waals surface area contributed by atoms with E-state index in [0.717, 1.165) is 0 Å². The van der Waals surface area contributed by atoms with Gasteiger partial charge in [-0.15, -0.1) is 0 Å². The van der Waals surface area contributed by atoms with Gasteiger partial charge in [-0.05, 0) is 0 Å². The van der Waals surface area contributed by atoms with Gasteiger partial charge < -0.3 is 5.11 Å². The van der Waals surface area contributed by atoms with Gasteiger partial charge in [0.25, 0.3) is 0 Å². The maximum Gasteiger partial charge on any atom is 0.0565 e. The van der Waals surface area contributed by atoms with Crippen LogP contribution in [0.25, 0.3) is 0 Å². The molecular weight excluding hydrogens is 86.1 g/mol. The predicted octanol–water partition coefficient (Wildman–Crippen LogP) is -0.587. The van der Waals surface area contributed by atoms with Crippen molar-refractivity contribution in [3.8, 4) is 0 Å². The Labute approximate surface area is 36.7 Å². The second kappa shape index (κ2) is 4.27. The van der Waals surface area contributed by atoms with Crippen LogP contribution in [0.5, 0.6) is 0 Å². The Morgan fingerprint density at radius 3 is 2.40 bits per heavy atom. The van der Waals surface area contributed by atoms with Crippen LogP contribution in [-0.4, -0.2) is 18.3 Å². The van der Waals surface area contributed by atoms with Crippen LogP contribution in [0, 0.1) is 0 Å². The Morgan fingerprint density at radius 2 is 2.40 bits per heavy atom. The molecule has 0 bridgehead atoms. The average molecular weight is 93.2 g/mol. The van der Waals surface area contributed by atoms with Crippen molar-refractivity contribution in [3.63, 3.8) is 0 Å². The number of thiol groups is 1. The minimum absolute atomic E-state index is 0.156. The van der Waals surface area contributed by atoms with E-state index in [1.165, 1.54) is 0 Å². The molecule has 2 nitrogen and oxygen atoms in total. The van der Waals surface area contributed by atoms with Gasteiger partial charge in [-0.25, -0.2) is 0 Å². The monoisotopic (exact) mass is 93.0 g/mol. The van der Waals surface area contributed by atoms with E-state index in [9.17, 15) is 0 Å². The Morgan fingerprint density at radius 1 is 1.80 bits per heavy atom. The van der Waals surface area contributed by atoms with Crippen molar-refractivity contribution in [1.82, 2.24) is 4.72 Å². The van der Waals surface area contributed by atoms with E-state index in [1.807, 2.05) is 0 Å². The third-order valence-corrected chi connectivity index (χ3v) is 0.447. The summed E-state index contributed by atoms with van der Waals surface area (Å²) < 4.78 is 2.46. The fourth-order valence-electron chi connectivity index (χ4n) is 0.0500. The normalized spacial score (nSPS) is 8.40. The highest BCUT2D eigenvalue weighted by Crippen LogP contribution is 1.54. The standard InChI is InChI=1S/C2H7NOS/c4-2-1-3-5/h3-5H,1-2H2. The quantitative estimate of drug-likeness (QED) is 0.399. The van der Waals surface area contributed by atoms with Crippen molar-refractivity contribution in [2.45, 2.75) is 0 Å². The van der Waals surface area contributed by atoms with Crippen LogP contribution in [-0.2, 0) is 0 Å². The molecule has 0 aliphatic heterocycles. The van der Waals surface area contributed by atoms with Crippen LogP contribution in [0.15, 0.2) is 0 Å². The number of rotatable bonds is 2. The summed E-state index contributed by atoms with van der Waals surface area (Å²) in [6.45, 7) is 0.715. The molecule has 0 aromatic rings. The first-order valence-electron chi connectivity index (χ1n) is 1.39. The Hall–Kier alpha value is 0.270. The molecular formula is C2H7NOS. The van der Waals surface area contributed by atoms with E-state index in [1.54, 1.807) is 0 Å². The van der Waals surface area contributed by atoms with Gasteiger partial charge >= 0.3 is 0 Å². The molecule has 0 amide bonds. The molecule has 3 heteroatoms. The third-order valence-electron chi connectivity index (χ3n) is 0.224. The highest BCUT2D eigenvalue weighted by atomic mass is 32.1. The Kier molecular flexibility index (Phi) is 4.50. The molecule has 0 spiro atoms. The van der Waals surface area contributed by atoms with Crippen LogP contribution in [0.2, 0.25) is 0 Å². The van der Waals surface area contributed by atoms with Crippen LogP contribution in [0.1, 0.15) is 0 Å². The van der Waals surface area contributed by atoms with E-state index in [-0.39, 0.29) is 6.61 Å². The number of aliphatic hydroxyl groups is 1. The first kappa shape index (κ1) is 5.27. The van der Waals surface area contributed by atoms with E-state index in [4.69, 9.17) is 5.11 Å². The molecule has 0 saturated carbocycles. The van der Waals surface area contributed by atoms with Crippen molar-refractivity contribution >= 4 is 12.8 Å². The average Bonchev–Trinajstić information content (AvgIpc) is 1.41. The lowest BCUT2D eigenvalue weighted by Crippen LogP contribution is -2.04. The summed E-state index contributed by atoms with van der Waals surface area (Å²) in [4.78, 5) is 0. The van der Waals surface area contributed by atoms with Crippen molar-refractivity contribution in [2.24, 2.45) is 0 Å².